The lowest BCUT2D eigenvalue weighted by Crippen LogP contribution is -2.19. The van der Waals surface area contributed by atoms with Gasteiger partial charge in [-0.25, -0.2) is 4.98 Å². The van der Waals surface area contributed by atoms with E-state index >= 15 is 0 Å². The minimum absolute atomic E-state index is 0.00671. The number of hydrogen-bond donors (Lipinski definition) is 0. The number of nitrogens with zero attached hydrogens (tertiary/aromatic N) is 2. The molecular formula is C13H12F3IN2O. The number of rotatable bonds is 5. The van der Waals surface area contributed by atoms with Crippen LogP contribution in [0.3, 0.4) is 0 Å². The Morgan fingerprint density at radius 1 is 1.20 bits per heavy atom. The van der Waals surface area contributed by atoms with Crippen LogP contribution in [-0.2, 0) is 11.3 Å². The van der Waals surface area contributed by atoms with Gasteiger partial charge in [0.05, 0.1) is 6.61 Å². The van der Waals surface area contributed by atoms with Gasteiger partial charge in [0.1, 0.15) is 12.4 Å². The number of alkyl halides is 3. The van der Waals surface area contributed by atoms with Crippen molar-refractivity contribution < 1.29 is 17.9 Å². The number of halogens is 4. The van der Waals surface area contributed by atoms with E-state index < -0.39 is 12.8 Å². The molecule has 7 heteroatoms. The Kier molecular flexibility index (Phi) is 5.03. The molecule has 1 heterocycles. The molecule has 0 spiro atoms. The van der Waals surface area contributed by atoms with Crippen molar-refractivity contribution >= 4 is 22.6 Å². The van der Waals surface area contributed by atoms with Crippen molar-refractivity contribution in [2.45, 2.75) is 12.7 Å². The van der Waals surface area contributed by atoms with Gasteiger partial charge in [-0.3, -0.25) is 0 Å². The van der Waals surface area contributed by atoms with Gasteiger partial charge in [-0.2, -0.15) is 13.2 Å². The number of aromatic nitrogens is 2. The second kappa shape index (κ2) is 6.57. The smallest absolute Gasteiger partial charge is 0.370 e. The molecule has 0 saturated heterocycles. The molecule has 1 aromatic heterocycles. The summed E-state index contributed by atoms with van der Waals surface area (Å²) >= 11 is 2.20. The summed E-state index contributed by atoms with van der Waals surface area (Å²) < 4.78 is 43.4. The molecule has 0 amide bonds. The van der Waals surface area contributed by atoms with E-state index in [4.69, 9.17) is 0 Å². The molecule has 3 nitrogen and oxygen atoms in total. The highest BCUT2D eigenvalue weighted by Gasteiger charge is 2.27. The van der Waals surface area contributed by atoms with Gasteiger partial charge in [0.15, 0.2) is 0 Å². The van der Waals surface area contributed by atoms with Gasteiger partial charge < -0.3 is 9.30 Å². The fourth-order valence-corrected chi connectivity index (χ4v) is 2.06. The molecule has 1 aromatic carbocycles. The standard InChI is InChI=1S/C13H12F3IN2O/c14-13(15,16)9-20-8-7-19-6-5-18-12(19)10-1-3-11(17)4-2-10/h1-6H,7-9H2. The third-order valence-electron chi connectivity index (χ3n) is 2.56. The topological polar surface area (TPSA) is 27.1 Å². The van der Waals surface area contributed by atoms with Gasteiger partial charge in [-0.05, 0) is 34.7 Å². The Morgan fingerprint density at radius 2 is 1.90 bits per heavy atom. The van der Waals surface area contributed by atoms with Crippen LogP contribution >= 0.6 is 22.6 Å². The Labute approximate surface area is 127 Å². The molecule has 2 rings (SSSR count). The van der Waals surface area contributed by atoms with E-state index in [1.165, 1.54) is 0 Å². The van der Waals surface area contributed by atoms with E-state index in [1.54, 1.807) is 17.0 Å². The Hall–Kier alpha value is -1.09. The third kappa shape index (κ3) is 4.48. The van der Waals surface area contributed by atoms with Gasteiger partial charge in [-0.1, -0.05) is 12.1 Å². The fourth-order valence-electron chi connectivity index (χ4n) is 1.70. The number of ether oxygens (including phenoxy) is 1. The maximum atomic E-state index is 12.0. The third-order valence-corrected chi connectivity index (χ3v) is 3.28. The first-order valence-corrected chi connectivity index (χ1v) is 6.95. The zero-order chi connectivity index (χ0) is 14.6. The van der Waals surface area contributed by atoms with Crippen molar-refractivity contribution in [3.8, 4) is 11.4 Å². The largest absolute Gasteiger partial charge is 0.411 e. The van der Waals surface area contributed by atoms with Gasteiger partial charge in [0, 0.05) is 28.1 Å². The molecule has 0 atom stereocenters. The lowest BCUT2D eigenvalue weighted by Gasteiger charge is -2.10. The fraction of sp³-hybridized carbons (Fsp3) is 0.308. The molecule has 0 saturated carbocycles. The summed E-state index contributed by atoms with van der Waals surface area (Å²) in [7, 11) is 0. The van der Waals surface area contributed by atoms with Crippen LogP contribution in [0.15, 0.2) is 36.7 Å². The Bertz CT molecular complexity index is 551. The monoisotopic (exact) mass is 396 g/mol. The van der Waals surface area contributed by atoms with Crippen molar-refractivity contribution in [2.24, 2.45) is 0 Å². The van der Waals surface area contributed by atoms with E-state index in [0.29, 0.717) is 6.54 Å². The van der Waals surface area contributed by atoms with Crippen LogP contribution in [0, 0.1) is 3.57 Å². The summed E-state index contributed by atoms with van der Waals surface area (Å²) in [5.74, 6) is 0.719. The molecule has 0 aliphatic rings. The van der Waals surface area contributed by atoms with E-state index in [1.807, 2.05) is 24.3 Å². The Morgan fingerprint density at radius 3 is 2.55 bits per heavy atom. The summed E-state index contributed by atoms with van der Waals surface area (Å²) in [5, 5.41) is 0. The zero-order valence-corrected chi connectivity index (χ0v) is 12.6. The van der Waals surface area contributed by atoms with Crippen LogP contribution in [0.4, 0.5) is 13.2 Å². The summed E-state index contributed by atoms with van der Waals surface area (Å²) in [5.41, 5.74) is 0.922. The van der Waals surface area contributed by atoms with E-state index in [0.717, 1.165) is 15.0 Å². The minimum atomic E-state index is -4.28. The first-order chi connectivity index (χ1) is 9.46. The summed E-state index contributed by atoms with van der Waals surface area (Å²) in [4.78, 5) is 4.23. The molecule has 0 fully saturated rings. The van der Waals surface area contributed by atoms with Crippen LogP contribution in [-0.4, -0.2) is 28.9 Å². The van der Waals surface area contributed by atoms with Crippen LogP contribution in [0.5, 0.6) is 0 Å². The van der Waals surface area contributed by atoms with Crippen LogP contribution in [0.1, 0.15) is 0 Å². The second-order valence-corrected chi connectivity index (χ2v) is 5.36. The van der Waals surface area contributed by atoms with Crippen molar-refractivity contribution in [3.05, 3.63) is 40.2 Å². The molecule has 2 aromatic rings. The zero-order valence-electron chi connectivity index (χ0n) is 10.4. The highest BCUT2D eigenvalue weighted by molar-refractivity contribution is 14.1. The van der Waals surface area contributed by atoms with Crippen molar-refractivity contribution in [1.29, 1.82) is 0 Å². The number of imidazole rings is 1. The first-order valence-electron chi connectivity index (χ1n) is 5.87. The molecule has 0 N–H and O–H groups in total. The summed E-state index contributed by atoms with van der Waals surface area (Å²) in [6.45, 7) is -0.898. The molecule has 20 heavy (non-hydrogen) atoms. The minimum Gasteiger partial charge on any atom is -0.370 e. The molecule has 108 valence electrons. The quantitative estimate of drug-likeness (QED) is 0.569. The van der Waals surface area contributed by atoms with Gasteiger partial charge >= 0.3 is 6.18 Å². The summed E-state index contributed by atoms with van der Waals surface area (Å²) in [6.07, 6.45) is -0.935. The highest BCUT2D eigenvalue weighted by Crippen LogP contribution is 2.19. The molecule has 0 aliphatic carbocycles. The lowest BCUT2D eigenvalue weighted by molar-refractivity contribution is -0.174. The van der Waals surface area contributed by atoms with Crippen molar-refractivity contribution in [1.82, 2.24) is 9.55 Å². The molecule has 0 radical (unpaired) electrons. The van der Waals surface area contributed by atoms with E-state index in [2.05, 4.69) is 32.3 Å². The van der Waals surface area contributed by atoms with Crippen molar-refractivity contribution in [2.75, 3.05) is 13.2 Å². The number of hydrogen-bond acceptors (Lipinski definition) is 2. The molecular weight excluding hydrogens is 384 g/mol. The maximum absolute atomic E-state index is 12.0. The molecule has 0 unspecified atom stereocenters. The number of benzene rings is 1. The maximum Gasteiger partial charge on any atom is 0.411 e. The van der Waals surface area contributed by atoms with Crippen molar-refractivity contribution in [3.63, 3.8) is 0 Å². The molecule has 0 aliphatic heterocycles. The lowest BCUT2D eigenvalue weighted by atomic mass is 10.2. The normalized spacial score (nSPS) is 11.8. The van der Waals surface area contributed by atoms with E-state index in [-0.39, 0.29) is 6.61 Å². The predicted octanol–water partition coefficient (Wildman–Crippen LogP) is 3.73. The first kappa shape index (κ1) is 15.3. The molecule has 0 bridgehead atoms. The highest BCUT2D eigenvalue weighted by atomic mass is 127. The Balaban J connectivity index is 1.97. The SMILES string of the molecule is FC(F)(F)COCCn1ccnc1-c1ccc(I)cc1. The average molecular weight is 396 g/mol. The average Bonchev–Trinajstić information content (AvgIpc) is 2.83. The van der Waals surface area contributed by atoms with Crippen LogP contribution in [0.25, 0.3) is 11.4 Å². The summed E-state index contributed by atoms with van der Waals surface area (Å²) in [6, 6.07) is 7.76. The predicted molar refractivity (Wildman–Crippen MR) is 77.3 cm³/mol. The van der Waals surface area contributed by atoms with Crippen LogP contribution < -0.4 is 0 Å². The van der Waals surface area contributed by atoms with Gasteiger partial charge in [0.2, 0.25) is 0 Å². The van der Waals surface area contributed by atoms with Crippen LogP contribution in [0.2, 0.25) is 0 Å². The second-order valence-electron chi connectivity index (χ2n) is 4.12. The van der Waals surface area contributed by atoms with E-state index in [9.17, 15) is 13.2 Å². The van der Waals surface area contributed by atoms with Gasteiger partial charge in [-0.15, -0.1) is 0 Å². The van der Waals surface area contributed by atoms with Gasteiger partial charge in [0.25, 0.3) is 0 Å².